The van der Waals surface area contributed by atoms with Gasteiger partial charge < -0.3 is 10.2 Å². The van der Waals surface area contributed by atoms with Gasteiger partial charge in [0, 0.05) is 24.0 Å². The molecule has 0 spiro atoms. The van der Waals surface area contributed by atoms with E-state index in [4.69, 9.17) is 0 Å². The van der Waals surface area contributed by atoms with Crippen LogP contribution in [0.25, 0.3) is 0 Å². The summed E-state index contributed by atoms with van der Waals surface area (Å²) >= 11 is 3.19. The van der Waals surface area contributed by atoms with Gasteiger partial charge in [-0.3, -0.25) is 19.7 Å². The van der Waals surface area contributed by atoms with E-state index in [9.17, 15) is 19.7 Å². The number of nitro groups is 1. The molecule has 0 saturated heterocycles. The fourth-order valence-corrected chi connectivity index (χ4v) is 2.50. The van der Waals surface area contributed by atoms with E-state index in [2.05, 4.69) is 21.2 Å². The van der Waals surface area contributed by atoms with Crippen LogP contribution in [-0.2, 0) is 9.59 Å². The molecule has 1 aliphatic heterocycles. The number of fused-ring (bicyclic) bond motifs is 1. The normalized spacial score (nSPS) is 18.1. The van der Waals surface area contributed by atoms with E-state index < -0.39 is 10.8 Å². The average molecular weight is 342 g/mol. The summed E-state index contributed by atoms with van der Waals surface area (Å²) in [5.41, 5.74) is 0.141. The second-order valence-corrected chi connectivity index (χ2v) is 5.51. The van der Waals surface area contributed by atoms with Gasteiger partial charge >= 0.3 is 0 Å². The number of hydrogen-bond donors (Lipinski definition) is 1. The minimum absolute atomic E-state index is 0.0581. The van der Waals surface area contributed by atoms with E-state index >= 15 is 0 Å². The SMILES string of the molecule is CC(=O)N1C[C@H](C)C(=O)Nc2c1cc(Br)cc2[N+](=O)[O-]. The minimum atomic E-state index is -0.585. The molecule has 1 aliphatic rings. The maximum absolute atomic E-state index is 11.9. The third-order valence-corrected chi connectivity index (χ3v) is 3.54. The molecule has 0 aliphatic carbocycles. The Morgan fingerprint density at radius 3 is 2.75 bits per heavy atom. The first-order valence-corrected chi connectivity index (χ1v) is 6.67. The van der Waals surface area contributed by atoms with E-state index in [-0.39, 0.29) is 29.7 Å². The molecule has 1 aromatic carbocycles. The predicted molar refractivity (Wildman–Crippen MR) is 76.6 cm³/mol. The van der Waals surface area contributed by atoms with Crippen LogP contribution in [0, 0.1) is 16.0 Å². The zero-order chi connectivity index (χ0) is 15.0. The van der Waals surface area contributed by atoms with Crippen molar-refractivity contribution in [3.8, 4) is 0 Å². The van der Waals surface area contributed by atoms with Crippen molar-refractivity contribution in [2.24, 2.45) is 5.92 Å². The molecule has 0 radical (unpaired) electrons. The topological polar surface area (TPSA) is 92.6 Å². The Hall–Kier alpha value is -1.96. The molecule has 0 saturated carbocycles. The van der Waals surface area contributed by atoms with Crippen molar-refractivity contribution in [3.05, 3.63) is 26.7 Å². The number of rotatable bonds is 1. The molecule has 1 atom stereocenters. The highest BCUT2D eigenvalue weighted by atomic mass is 79.9. The number of nitro benzene ring substituents is 1. The summed E-state index contributed by atoms with van der Waals surface area (Å²) in [7, 11) is 0. The van der Waals surface area contributed by atoms with Crippen LogP contribution in [0.2, 0.25) is 0 Å². The van der Waals surface area contributed by atoms with Crippen molar-refractivity contribution in [3.63, 3.8) is 0 Å². The first-order chi connectivity index (χ1) is 9.31. The highest BCUT2D eigenvalue weighted by molar-refractivity contribution is 9.10. The molecule has 1 aromatic rings. The van der Waals surface area contributed by atoms with Crippen LogP contribution in [0.15, 0.2) is 16.6 Å². The highest BCUT2D eigenvalue weighted by Gasteiger charge is 2.32. The Kier molecular flexibility index (Phi) is 3.76. The number of halogens is 1. The van der Waals surface area contributed by atoms with Gasteiger partial charge in [0.15, 0.2) is 0 Å². The van der Waals surface area contributed by atoms with Gasteiger partial charge in [0.05, 0.1) is 16.5 Å². The van der Waals surface area contributed by atoms with Crippen LogP contribution in [0.1, 0.15) is 13.8 Å². The van der Waals surface area contributed by atoms with Crippen LogP contribution in [0.4, 0.5) is 17.1 Å². The number of nitrogens with zero attached hydrogens (tertiary/aromatic N) is 2. The Labute approximate surface area is 123 Å². The number of anilines is 2. The van der Waals surface area contributed by atoms with E-state index in [1.54, 1.807) is 13.0 Å². The molecule has 2 amide bonds. The van der Waals surface area contributed by atoms with Crippen molar-refractivity contribution in [2.75, 3.05) is 16.8 Å². The Bertz CT molecular complexity index is 617. The molecule has 106 valence electrons. The summed E-state index contributed by atoms with van der Waals surface area (Å²) in [4.78, 5) is 35.6. The van der Waals surface area contributed by atoms with Gasteiger partial charge in [0.1, 0.15) is 5.69 Å². The van der Waals surface area contributed by atoms with Crippen LogP contribution < -0.4 is 10.2 Å². The molecule has 1 N–H and O–H groups in total. The fourth-order valence-electron chi connectivity index (χ4n) is 2.06. The molecule has 20 heavy (non-hydrogen) atoms. The summed E-state index contributed by atoms with van der Waals surface area (Å²) in [5, 5.41) is 13.7. The molecule has 7 nitrogen and oxygen atoms in total. The number of benzene rings is 1. The van der Waals surface area contributed by atoms with Crippen molar-refractivity contribution in [1.82, 2.24) is 0 Å². The van der Waals surface area contributed by atoms with E-state index in [1.807, 2.05) is 0 Å². The van der Waals surface area contributed by atoms with Crippen LogP contribution >= 0.6 is 15.9 Å². The summed E-state index contributed by atoms with van der Waals surface area (Å²) < 4.78 is 0.470. The molecule has 0 fully saturated rings. The fraction of sp³-hybridized carbons (Fsp3) is 0.333. The van der Waals surface area contributed by atoms with Gasteiger partial charge in [-0.25, -0.2) is 0 Å². The third-order valence-electron chi connectivity index (χ3n) is 3.08. The summed E-state index contributed by atoms with van der Waals surface area (Å²) in [5.74, 6) is -1.08. The zero-order valence-corrected chi connectivity index (χ0v) is 12.4. The second kappa shape index (κ2) is 5.20. The first kappa shape index (κ1) is 14.4. The lowest BCUT2D eigenvalue weighted by Gasteiger charge is -2.21. The standard InChI is InChI=1S/C12H12BrN3O4/c1-6-5-15(7(2)17)9-3-8(13)4-10(16(19)20)11(9)14-12(6)18/h3-4,6H,5H2,1-2H3,(H,14,18)/t6-/m0/s1. The molecule has 1 heterocycles. The van der Waals surface area contributed by atoms with Gasteiger partial charge in [0.25, 0.3) is 5.69 Å². The molecular weight excluding hydrogens is 330 g/mol. The maximum atomic E-state index is 11.9. The molecule has 0 aromatic heterocycles. The number of carbonyl (C=O) groups excluding carboxylic acids is 2. The first-order valence-electron chi connectivity index (χ1n) is 5.88. The number of amides is 2. The van der Waals surface area contributed by atoms with Crippen LogP contribution in [-0.4, -0.2) is 23.3 Å². The quantitative estimate of drug-likeness (QED) is 0.626. The minimum Gasteiger partial charge on any atom is -0.318 e. The lowest BCUT2D eigenvalue weighted by Crippen LogP contribution is -2.34. The van der Waals surface area contributed by atoms with Gasteiger partial charge in [-0.15, -0.1) is 0 Å². The Morgan fingerprint density at radius 2 is 2.20 bits per heavy atom. The number of nitrogens with one attached hydrogen (secondary N) is 1. The average Bonchev–Trinajstić information content (AvgIpc) is 2.47. The van der Waals surface area contributed by atoms with Gasteiger partial charge in [-0.1, -0.05) is 22.9 Å². The predicted octanol–water partition coefficient (Wildman–Crippen LogP) is 2.30. The summed E-state index contributed by atoms with van der Waals surface area (Å²) in [6.07, 6.45) is 0. The van der Waals surface area contributed by atoms with Crippen LogP contribution in [0.5, 0.6) is 0 Å². The Morgan fingerprint density at radius 1 is 1.55 bits per heavy atom. The van der Waals surface area contributed by atoms with E-state index in [0.29, 0.717) is 10.2 Å². The Balaban J connectivity index is 2.71. The summed E-state index contributed by atoms with van der Waals surface area (Å²) in [6, 6.07) is 2.88. The molecule has 0 unspecified atom stereocenters. The summed E-state index contributed by atoms with van der Waals surface area (Å²) in [6.45, 7) is 3.21. The maximum Gasteiger partial charge on any atom is 0.296 e. The van der Waals surface area contributed by atoms with Crippen LogP contribution in [0.3, 0.4) is 0 Å². The third kappa shape index (κ3) is 2.51. The lowest BCUT2D eigenvalue weighted by molar-refractivity contribution is -0.383. The largest absolute Gasteiger partial charge is 0.318 e. The second-order valence-electron chi connectivity index (χ2n) is 4.60. The zero-order valence-electron chi connectivity index (χ0n) is 10.8. The van der Waals surface area contributed by atoms with Gasteiger partial charge in [-0.05, 0) is 6.07 Å². The van der Waals surface area contributed by atoms with E-state index in [1.165, 1.54) is 17.9 Å². The molecule has 2 rings (SSSR count). The smallest absolute Gasteiger partial charge is 0.296 e. The number of hydrogen-bond acceptors (Lipinski definition) is 4. The lowest BCUT2D eigenvalue weighted by atomic mass is 10.1. The van der Waals surface area contributed by atoms with Crippen molar-refractivity contribution < 1.29 is 14.5 Å². The molecular formula is C12H12BrN3O4. The number of carbonyl (C=O) groups is 2. The van der Waals surface area contributed by atoms with Crippen molar-refractivity contribution >= 4 is 44.8 Å². The molecule has 8 heteroatoms. The van der Waals surface area contributed by atoms with Gasteiger partial charge in [-0.2, -0.15) is 0 Å². The van der Waals surface area contributed by atoms with Crippen molar-refractivity contribution in [2.45, 2.75) is 13.8 Å². The van der Waals surface area contributed by atoms with Gasteiger partial charge in [0.2, 0.25) is 11.8 Å². The van der Waals surface area contributed by atoms with E-state index in [0.717, 1.165) is 0 Å². The van der Waals surface area contributed by atoms with Crippen molar-refractivity contribution in [1.29, 1.82) is 0 Å². The highest BCUT2D eigenvalue weighted by Crippen LogP contribution is 2.40. The monoisotopic (exact) mass is 341 g/mol. The molecule has 0 bridgehead atoms.